The van der Waals surface area contributed by atoms with Gasteiger partial charge in [-0.05, 0) is 29.7 Å². The zero-order chi connectivity index (χ0) is 17.4. The molecule has 2 rings (SSSR count). The summed E-state index contributed by atoms with van der Waals surface area (Å²) in [6, 6.07) is 16.8. The van der Waals surface area contributed by atoms with E-state index >= 15 is 0 Å². The maximum absolute atomic E-state index is 10.8. The quantitative estimate of drug-likeness (QED) is 0.694. The number of carbonyl (C=O) groups is 1. The van der Waals surface area contributed by atoms with Gasteiger partial charge in [0.1, 0.15) is 18.5 Å². The lowest BCUT2D eigenvalue weighted by molar-refractivity contribution is -0.119. The third-order valence-corrected chi connectivity index (χ3v) is 3.63. The molecule has 2 unspecified atom stereocenters. The number of aliphatic hydroxyl groups is 2. The predicted octanol–water partition coefficient (Wildman–Crippen LogP) is 2.19. The van der Waals surface area contributed by atoms with E-state index in [0.29, 0.717) is 24.5 Å². The van der Waals surface area contributed by atoms with Crippen LogP contribution in [0.5, 0.6) is 5.75 Å². The number of rotatable bonds is 8. The predicted molar refractivity (Wildman–Crippen MR) is 91.5 cm³/mol. The van der Waals surface area contributed by atoms with Crippen LogP contribution in [0.15, 0.2) is 54.6 Å². The second kappa shape index (κ2) is 9.05. The summed E-state index contributed by atoms with van der Waals surface area (Å²) < 4.78 is 5.73. The van der Waals surface area contributed by atoms with Gasteiger partial charge >= 0.3 is 0 Å². The van der Waals surface area contributed by atoms with Gasteiger partial charge in [-0.2, -0.15) is 0 Å². The summed E-state index contributed by atoms with van der Waals surface area (Å²) in [5, 5.41) is 22.9. The first-order valence-corrected chi connectivity index (χ1v) is 7.93. The molecule has 5 nitrogen and oxygen atoms in total. The van der Waals surface area contributed by atoms with E-state index in [1.165, 1.54) is 6.92 Å². The number of hydrogen-bond acceptors (Lipinski definition) is 4. The molecule has 2 aromatic carbocycles. The highest BCUT2D eigenvalue weighted by Crippen LogP contribution is 2.23. The first-order valence-electron chi connectivity index (χ1n) is 7.93. The van der Waals surface area contributed by atoms with Crippen molar-refractivity contribution in [3.63, 3.8) is 0 Å². The van der Waals surface area contributed by atoms with Crippen LogP contribution in [0.4, 0.5) is 0 Å². The fourth-order valence-electron chi connectivity index (χ4n) is 2.31. The SMILES string of the molecule is CC(=O)NCCC(O)C(O)c1cccc(OCc2ccccc2)c1. The van der Waals surface area contributed by atoms with Crippen molar-refractivity contribution in [2.75, 3.05) is 6.54 Å². The van der Waals surface area contributed by atoms with E-state index in [2.05, 4.69) is 5.32 Å². The van der Waals surface area contributed by atoms with E-state index in [1.54, 1.807) is 18.2 Å². The summed E-state index contributed by atoms with van der Waals surface area (Å²) in [5.41, 5.74) is 1.63. The molecule has 0 saturated carbocycles. The average Bonchev–Trinajstić information content (AvgIpc) is 2.60. The highest BCUT2D eigenvalue weighted by atomic mass is 16.5. The molecule has 0 aromatic heterocycles. The molecule has 0 heterocycles. The maximum atomic E-state index is 10.8. The van der Waals surface area contributed by atoms with Gasteiger partial charge in [0.25, 0.3) is 0 Å². The topological polar surface area (TPSA) is 78.8 Å². The second-order valence-corrected chi connectivity index (χ2v) is 5.63. The summed E-state index contributed by atoms with van der Waals surface area (Å²) in [4.78, 5) is 10.8. The molecule has 2 atom stereocenters. The Kier molecular flexibility index (Phi) is 6.78. The summed E-state index contributed by atoms with van der Waals surface area (Å²) >= 11 is 0. The van der Waals surface area contributed by atoms with Crippen LogP contribution in [0.2, 0.25) is 0 Å². The van der Waals surface area contributed by atoms with E-state index < -0.39 is 12.2 Å². The van der Waals surface area contributed by atoms with Crippen LogP contribution >= 0.6 is 0 Å². The lowest BCUT2D eigenvalue weighted by Crippen LogP contribution is -2.27. The smallest absolute Gasteiger partial charge is 0.216 e. The Labute approximate surface area is 141 Å². The van der Waals surface area contributed by atoms with Gasteiger partial charge in [-0.25, -0.2) is 0 Å². The third kappa shape index (κ3) is 5.68. The minimum atomic E-state index is -1.03. The van der Waals surface area contributed by atoms with E-state index in [1.807, 2.05) is 36.4 Å². The lowest BCUT2D eigenvalue weighted by Gasteiger charge is -2.19. The van der Waals surface area contributed by atoms with Gasteiger partial charge in [0, 0.05) is 13.5 Å². The normalized spacial score (nSPS) is 13.1. The number of hydrogen-bond donors (Lipinski definition) is 3. The first kappa shape index (κ1) is 18.0. The van der Waals surface area contributed by atoms with Gasteiger partial charge in [-0.1, -0.05) is 42.5 Å². The van der Waals surface area contributed by atoms with Gasteiger partial charge in [-0.15, -0.1) is 0 Å². The fourth-order valence-corrected chi connectivity index (χ4v) is 2.31. The molecule has 0 saturated heterocycles. The van der Waals surface area contributed by atoms with Crippen LogP contribution < -0.4 is 10.1 Å². The second-order valence-electron chi connectivity index (χ2n) is 5.63. The van der Waals surface area contributed by atoms with Crippen LogP contribution in [0.3, 0.4) is 0 Å². The van der Waals surface area contributed by atoms with Gasteiger partial charge in [-0.3, -0.25) is 4.79 Å². The van der Waals surface area contributed by atoms with Gasteiger partial charge in [0.2, 0.25) is 5.91 Å². The van der Waals surface area contributed by atoms with Crippen molar-refractivity contribution in [3.8, 4) is 5.75 Å². The van der Waals surface area contributed by atoms with Crippen molar-refractivity contribution in [1.29, 1.82) is 0 Å². The molecule has 5 heteroatoms. The minimum absolute atomic E-state index is 0.159. The fraction of sp³-hybridized carbons (Fsp3) is 0.316. The van der Waals surface area contributed by atoms with Crippen LogP contribution in [-0.4, -0.2) is 28.8 Å². The Balaban J connectivity index is 1.92. The molecular weight excluding hydrogens is 306 g/mol. The molecule has 0 aliphatic rings. The zero-order valence-electron chi connectivity index (χ0n) is 13.7. The Morgan fingerprint density at radius 2 is 1.88 bits per heavy atom. The first-order chi connectivity index (χ1) is 11.6. The van der Waals surface area contributed by atoms with E-state index in [4.69, 9.17) is 4.74 Å². The molecule has 2 aromatic rings. The Bertz CT molecular complexity index is 645. The Morgan fingerprint density at radius 3 is 2.58 bits per heavy atom. The van der Waals surface area contributed by atoms with Crippen LogP contribution in [0, 0.1) is 0 Å². The van der Waals surface area contributed by atoms with E-state index in [0.717, 1.165) is 5.56 Å². The van der Waals surface area contributed by atoms with Crippen molar-refractivity contribution in [3.05, 3.63) is 65.7 Å². The lowest BCUT2D eigenvalue weighted by atomic mass is 10.0. The molecule has 24 heavy (non-hydrogen) atoms. The molecule has 0 aliphatic carbocycles. The molecule has 0 spiro atoms. The molecule has 1 amide bonds. The molecule has 128 valence electrons. The number of carbonyl (C=O) groups excluding carboxylic acids is 1. The summed E-state index contributed by atoms with van der Waals surface area (Å²) in [5.74, 6) is 0.470. The molecule has 3 N–H and O–H groups in total. The van der Waals surface area contributed by atoms with Crippen molar-refractivity contribution >= 4 is 5.91 Å². The van der Waals surface area contributed by atoms with E-state index in [9.17, 15) is 15.0 Å². The highest BCUT2D eigenvalue weighted by Gasteiger charge is 2.18. The maximum Gasteiger partial charge on any atom is 0.216 e. The third-order valence-electron chi connectivity index (χ3n) is 3.63. The Morgan fingerprint density at radius 1 is 1.12 bits per heavy atom. The number of benzene rings is 2. The summed E-state index contributed by atoms with van der Waals surface area (Å²) in [6.07, 6.45) is -1.71. The molecular formula is C19H23NO4. The highest BCUT2D eigenvalue weighted by molar-refractivity contribution is 5.72. The standard InChI is InChI=1S/C19H23NO4/c1-14(21)20-11-10-18(22)19(23)16-8-5-9-17(12-16)24-13-15-6-3-2-4-7-15/h2-9,12,18-19,22-23H,10-11,13H2,1H3,(H,20,21). The van der Waals surface area contributed by atoms with Crippen molar-refractivity contribution in [1.82, 2.24) is 5.32 Å². The zero-order valence-corrected chi connectivity index (χ0v) is 13.7. The van der Waals surface area contributed by atoms with Gasteiger partial charge < -0.3 is 20.3 Å². The summed E-state index contributed by atoms with van der Waals surface area (Å²) in [6.45, 7) is 2.17. The van der Waals surface area contributed by atoms with Crippen LogP contribution in [0.1, 0.15) is 30.6 Å². The molecule has 0 fully saturated rings. The van der Waals surface area contributed by atoms with Gasteiger partial charge in [0.15, 0.2) is 0 Å². The Hall–Kier alpha value is -2.37. The van der Waals surface area contributed by atoms with Crippen LogP contribution in [0.25, 0.3) is 0 Å². The largest absolute Gasteiger partial charge is 0.489 e. The molecule has 0 bridgehead atoms. The number of amides is 1. The molecule has 0 aliphatic heterocycles. The van der Waals surface area contributed by atoms with E-state index in [-0.39, 0.29) is 12.3 Å². The van der Waals surface area contributed by atoms with Crippen LogP contribution in [-0.2, 0) is 11.4 Å². The molecule has 0 radical (unpaired) electrons. The minimum Gasteiger partial charge on any atom is -0.489 e. The van der Waals surface area contributed by atoms with Crippen molar-refractivity contribution in [2.24, 2.45) is 0 Å². The van der Waals surface area contributed by atoms with Crippen molar-refractivity contribution < 1.29 is 19.7 Å². The average molecular weight is 329 g/mol. The number of ether oxygens (including phenoxy) is 1. The van der Waals surface area contributed by atoms with Gasteiger partial charge in [0.05, 0.1) is 6.10 Å². The van der Waals surface area contributed by atoms with Crippen molar-refractivity contribution in [2.45, 2.75) is 32.2 Å². The monoisotopic (exact) mass is 329 g/mol. The number of nitrogens with one attached hydrogen (secondary N) is 1. The summed E-state index contributed by atoms with van der Waals surface area (Å²) in [7, 11) is 0. The number of aliphatic hydroxyl groups excluding tert-OH is 2.